The number of imidazole rings is 1. The summed E-state index contributed by atoms with van der Waals surface area (Å²) in [5, 5.41) is 20.5. The van der Waals surface area contributed by atoms with E-state index in [1.54, 1.807) is 12.1 Å². The molecule has 1 aromatic heterocycles. The van der Waals surface area contributed by atoms with Gasteiger partial charge in [-0.25, -0.2) is 9.78 Å². The summed E-state index contributed by atoms with van der Waals surface area (Å²) in [6, 6.07) is 25.3. The largest absolute Gasteiger partial charge is 0.508 e. The number of rotatable bonds is 5. The molecule has 11 heteroatoms. The van der Waals surface area contributed by atoms with Gasteiger partial charge < -0.3 is 25.0 Å². The van der Waals surface area contributed by atoms with Gasteiger partial charge in [-0.2, -0.15) is 13.2 Å². The van der Waals surface area contributed by atoms with Crippen molar-refractivity contribution < 1.29 is 28.2 Å². The lowest BCUT2D eigenvalue weighted by molar-refractivity contribution is -0.192. The fraction of sp³-hybridized carbons (Fsp3) is 0.355. The average Bonchev–Trinajstić information content (AvgIpc) is 3.39. The topological polar surface area (TPSA) is 93.9 Å². The number of piperidine rings is 1. The highest BCUT2D eigenvalue weighted by molar-refractivity contribution is 5.92. The number of carbonyl (C=O) groups is 1. The van der Waals surface area contributed by atoms with E-state index in [2.05, 4.69) is 68.2 Å². The van der Waals surface area contributed by atoms with Gasteiger partial charge in [0, 0.05) is 44.3 Å². The number of phenols is 1. The van der Waals surface area contributed by atoms with Crippen LogP contribution in [-0.4, -0.2) is 76.1 Å². The Morgan fingerprint density at radius 1 is 0.905 bits per heavy atom. The Hall–Kier alpha value is -4.09. The summed E-state index contributed by atoms with van der Waals surface area (Å²) in [7, 11) is 0. The fourth-order valence-electron chi connectivity index (χ4n) is 5.59. The maximum atomic E-state index is 10.6. The van der Waals surface area contributed by atoms with Gasteiger partial charge in [0.1, 0.15) is 17.1 Å². The van der Waals surface area contributed by atoms with Crippen molar-refractivity contribution in [1.29, 1.82) is 0 Å². The quantitative estimate of drug-likeness (QED) is 0.295. The lowest BCUT2D eigenvalue weighted by Crippen LogP contribution is -2.46. The first-order chi connectivity index (χ1) is 20.2. The maximum Gasteiger partial charge on any atom is 0.490 e. The van der Waals surface area contributed by atoms with Crippen LogP contribution in [0.25, 0.3) is 22.4 Å². The highest BCUT2D eigenvalue weighted by Crippen LogP contribution is 2.36. The fourth-order valence-corrected chi connectivity index (χ4v) is 5.59. The van der Waals surface area contributed by atoms with Gasteiger partial charge in [0.25, 0.3) is 0 Å². The zero-order valence-electron chi connectivity index (χ0n) is 23.1. The van der Waals surface area contributed by atoms with Gasteiger partial charge in [0.05, 0.1) is 11.2 Å². The molecule has 3 aromatic carbocycles. The molecule has 3 N–H and O–H groups in total. The maximum absolute atomic E-state index is 10.6. The molecule has 0 bridgehead atoms. The minimum atomic E-state index is -5.08. The van der Waals surface area contributed by atoms with E-state index in [0.717, 1.165) is 75.6 Å². The Labute approximate surface area is 242 Å². The molecule has 0 unspecified atom stereocenters. The Balaban J connectivity index is 0.000000451. The van der Waals surface area contributed by atoms with E-state index in [1.165, 1.54) is 16.8 Å². The highest BCUT2D eigenvalue weighted by atomic mass is 19.4. The number of alkyl halides is 3. The molecule has 8 nitrogen and oxygen atoms in total. The Kier molecular flexibility index (Phi) is 8.98. The van der Waals surface area contributed by atoms with Crippen LogP contribution in [0.1, 0.15) is 24.4 Å². The number of aromatic nitrogens is 2. The second-order valence-corrected chi connectivity index (χ2v) is 10.5. The van der Waals surface area contributed by atoms with Gasteiger partial charge in [0.15, 0.2) is 0 Å². The minimum Gasteiger partial charge on any atom is -0.508 e. The van der Waals surface area contributed by atoms with Crippen molar-refractivity contribution in [2.75, 3.05) is 44.2 Å². The lowest BCUT2D eigenvalue weighted by Gasteiger charge is -2.36. The number of fused-ring (bicyclic) bond motifs is 1. The smallest absolute Gasteiger partial charge is 0.490 e. The van der Waals surface area contributed by atoms with Gasteiger partial charge in [-0.3, -0.25) is 4.90 Å². The second-order valence-electron chi connectivity index (χ2n) is 10.5. The predicted octanol–water partition coefficient (Wildman–Crippen LogP) is 5.29. The molecule has 0 aliphatic carbocycles. The molecule has 2 fully saturated rings. The minimum absolute atomic E-state index is 0.285. The van der Waals surface area contributed by atoms with Gasteiger partial charge >= 0.3 is 12.1 Å². The van der Waals surface area contributed by atoms with Crippen LogP contribution in [0.5, 0.6) is 5.75 Å². The zero-order chi connectivity index (χ0) is 29.7. The van der Waals surface area contributed by atoms with Gasteiger partial charge in [-0.15, -0.1) is 0 Å². The first kappa shape index (κ1) is 29.4. The molecule has 0 amide bonds. The number of benzene rings is 3. The van der Waals surface area contributed by atoms with E-state index in [4.69, 9.17) is 14.9 Å². The Morgan fingerprint density at radius 2 is 1.55 bits per heavy atom. The third kappa shape index (κ3) is 6.85. The Bertz CT molecular complexity index is 1480. The predicted molar refractivity (Wildman–Crippen MR) is 156 cm³/mol. The second kappa shape index (κ2) is 12.8. The Morgan fingerprint density at radius 3 is 2.17 bits per heavy atom. The van der Waals surface area contributed by atoms with Gasteiger partial charge in [-0.1, -0.05) is 36.4 Å². The molecule has 3 heterocycles. The van der Waals surface area contributed by atoms with Crippen LogP contribution in [-0.2, 0) is 11.3 Å². The summed E-state index contributed by atoms with van der Waals surface area (Å²) in [4.78, 5) is 19.2. The van der Waals surface area contributed by atoms with E-state index in [0.29, 0.717) is 6.04 Å². The highest BCUT2D eigenvalue weighted by Gasteiger charge is 2.38. The summed E-state index contributed by atoms with van der Waals surface area (Å²) < 4.78 is 34.2. The molecule has 0 atom stereocenters. The zero-order valence-corrected chi connectivity index (χ0v) is 23.1. The van der Waals surface area contributed by atoms with Crippen molar-refractivity contribution in [3.8, 4) is 17.1 Å². The van der Waals surface area contributed by atoms with E-state index >= 15 is 0 Å². The summed E-state index contributed by atoms with van der Waals surface area (Å²) in [6.45, 7) is 7.16. The molecule has 4 aromatic rings. The van der Waals surface area contributed by atoms with Crippen molar-refractivity contribution in [2.24, 2.45) is 0 Å². The number of piperazine rings is 1. The number of halogens is 3. The molecular formula is C31H34F3N5O3. The van der Waals surface area contributed by atoms with Crippen LogP contribution in [0.4, 0.5) is 18.9 Å². The summed E-state index contributed by atoms with van der Waals surface area (Å²) >= 11 is 0. The van der Waals surface area contributed by atoms with Crippen LogP contribution < -0.4 is 10.2 Å². The number of hydrogen-bond donors (Lipinski definition) is 3. The number of aromatic hydroxyl groups is 1. The van der Waals surface area contributed by atoms with Crippen molar-refractivity contribution in [3.63, 3.8) is 0 Å². The third-order valence-corrected chi connectivity index (χ3v) is 7.70. The van der Waals surface area contributed by atoms with Gasteiger partial charge in [0.2, 0.25) is 0 Å². The van der Waals surface area contributed by atoms with Gasteiger partial charge in [-0.05, 0) is 67.9 Å². The molecule has 222 valence electrons. The molecule has 0 saturated carbocycles. The molecule has 2 aliphatic rings. The van der Waals surface area contributed by atoms with Crippen LogP contribution >= 0.6 is 0 Å². The molecular weight excluding hydrogens is 547 g/mol. The standard InChI is InChI=1S/C29H33N5O.C2HF3O2/c35-25-11-9-23(10-12-25)29-31-28-26(7-4-8-27(28)34(29)24-13-15-30-16-14-24)33-19-17-32(18-20-33)21-22-5-2-1-3-6-22;3-2(4,5)1(6)7/h1-12,24,30,35H,13-21H2;(H,6,7). The summed E-state index contributed by atoms with van der Waals surface area (Å²) in [6.07, 6.45) is -2.89. The number of carboxylic acids is 1. The summed E-state index contributed by atoms with van der Waals surface area (Å²) in [5.74, 6) is -1.47. The lowest BCUT2D eigenvalue weighted by atomic mass is 10.1. The number of para-hydroxylation sites is 1. The first-order valence-corrected chi connectivity index (χ1v) is 14.0. The van der Waals surface area contributed by atoms with E-state index in [1.807, 2.05) is 12.1 Å². The number of carboxylic acid groups (broad SMARTS) is 1. The van der Waals surface area contributed by atoms with E-state index in [9.17, 15) is 18.3 Å². The molecule has 0 radical (unpaired) electrons. The van der Waals surface area contributed by atoms with Crippen molar-refractivity contribution in [3.05, 3.63) is 78.4 Å². The number of nitrogens with one attached hydrogen (secondary N) is 1. The van der Waals surface area contributed by atoms with Crippen LogP contribution in [0.15, 0.2) is 72.8 Å². The first-order valence-electron chi connectivity index (χ1n) is 14.0. The molecule has 6 rings (SSSR count). The number of phenolic OH excluding ortho intramolecular Hbond substituents is 1. The number of aliphatic carboxylic acids is 1. The monoisotopic (exact) mass is 581 g/mol. The van der Waals surface area contributed by atoms with E-state index in [-0.39, 0.29) is 5.75 Å². The molecule has 2 saturated heterocycles. The SMILES string of the molecule is O=C(O)C(F)(F)F.Oc1ccc(-c2nc3c(N4CCN(Cc5ccccc5)CC4)cccc3n2C2CCNCC2)cc1. The van der Waals surface area contributed by atoms with Crippen LogP contribution in [0, 0.1) is 0 Å². The van der Waals surface area contributed by atoms with Crippen LogP contribution in [0.3, 0.4) is 0 Å². The summed E-state index contributed by atoms with van der Waals surface area (Å²) in [5.41, 5.74) is 5.96. The molecule has 42 heavy (non-hydrogen) atoms. The van der Waals surface area contributed by atoms with E-state index < -0.39 is 12.1 Å². The number of anilines is 1. The normalized spacial score (nSPS) is 16.7. The average molecular weight is 582 g/mol. The molecule has 2 aliphatic heterocycles. The van der Waals surface area contributed by atoms with Crippen LogP contribution in [0.2, 0.25) is 0 Å². The van der Waals surface area contributed by atoms with Crippen molar-refractivity contribution in [2.45, 2.75) is 31.6 Å². The van der Waals surface area contributed by atoms with Crippen molar-refractivity contribution >= 4 is 22.7 Å². The molecule has 0 spiro atoms. The number of nitrogens with zero attached hydrogens (tertiary/aromatic N) is 4. The van der Waals surface area contributed by atoms with Crippen molar-refractivity contribution in [1.82, 2.24) is 19.8 Å². The third-order valence-electron chi connectivity index (χ3n) is 7.70. The number of hydrogen-bond acceptors (Lipinski definition) is 6.